The maximum absolute atomic E-state index is 11.3. The minimum absolute atomic E-state index is 0.0273. The number of Topliss-reactive ketones (excluding diaryl/α,β-unsaturated/α-hetero) is 1. The lowest BCUT2D eigenvalue weighted by atomic mass is 10.1. The average molecular weight is 183 g/mol. The van der Waals surface area contributed by atoms with Gasteiger partial charge in [-0.15, -0.1) is 0 Å². The van der Waals surface area contributed by atoms with Crippen LogP contribution in [0.4, 0.5) is 0 Å². The molecule has 0 aromatic rings. The van der Waals surface area contributed by atoms with Crippen LogP contribution in [-0.4, -0.2) is 42.4 Å². The fourth-order valence-electron chi connectivity index (χ4n) is 1.91. The molecule has 2 saturated heterocycles. The molecule has 4 nitrogen and oxygen atoms in total. The smallest absolute Gasteiger partial charge is 0.230 e. The molecule has 2 aliphatic rings. The van der Waals surface area contributed by atoms with Crippen molar-refractivity contribution in [1.82, 2.24) is 4.90 Å². The third kappa shape index (κ3) is 1.72. The Balaban J connectivity index is 1.99. The number of rotatable bonds is 1. The van der Waals surface area contributed by atoms with E-state index in [9.17, 15) is 9.59 Å². The van der Waals surface area contributed by atoms with Crippen molar-refractivity contribution in [3.05, 3.63) is 0 Å². The van der Waals surface area contributed by atoms with Crippen LogP contribution in [0.15, 0.2) is 0 Å². The lowest BCUT2D eigenvalue weighted by Crippen LogP contribution is -2.42. The van der Waals surface area contributed by atoms with E-state index in [1.165, 1.54) is 0 Å². The zero-order valence-electron chi connectivity index (χ0n) is 7.49. The van der Waals surface area contributed by atoms with Crippen molar-refractivity contribution in [2.24, 2.45) is 0 Å². The van der Waals surface area contributed by atoms with Gasteiger partial charge < -0.3 is 9.64 Å². The molecule has 2 aliphatic heterocycles. The molecule has 0 radical (unpaired) electrons. The Labute approximate surface area is 76.8 Å². The SMILES string of the molecule is O=C1CC(=O)N(C2CCCOC2)C1. The van der Waals surface area contributed by atoms with Crippen LogP contribution in [0.1, 0.15) is 19.3 Å². The minimum atomic E-state index is -0.0273. The number of amides is 1. The Morgan fingerprint density at radius 3 is 2.77 bits per heavy atom. The minimum Gasteiger partial charge on any atom is -0.379 e. The molecule has 13 heavy (non-hydrogen) atoms. The second-order valence-corrected chi connectivity index (χ2v) is 3.61. The lowest BCUT2D eigenvalue weighted by Gasteiger charge is -2.30. The van der Waals surface area contributed by atoms with Crippen molar-refractivity contribution in [3.8, 4) is 0 Å². The van der Waals surface area contributed by atoms with E-state index in [1.54, 1.807) is 4.90 Å². The summed E-state index contributed by atoms with van der Waals surface area (Å²) in [5, 5.41) is 0. The van der Waals surface area contributed by atoms with Gasteiger partial charge in [-0.1, -0.05) is 0 Å². The first-order valence-corrected chi connectivity index (χ1v) is 4.66. The number of ketones is 1. The molecule has 1 atom stereocenters. The van der Waals surface area contributed by atoms with Crippen LogP contribution < -0.4 is 0 Å². The topological polar surface area (TPSA) is 46.6 Å². The number of hydrogen-bond donors (Lipinski definition) is 0. The number of ether oxygens (including phenoxy) is 1. The van der Waals surface area contributed by atoms with Crippen molar-refractivity contribution in [3.63, 3.8) is 0 Å². The highest BCUT2D eigenvalue weighted by molar-refractivity contribution is 6.05. The molecule has 1 amide bonds. The molecule has 0 saturated carbocycles. The van der Waals surface area contributed by atoms with Gasteiger partial charge in [0.25, 0.3) is 0 Å². The Bertz CT molecular complexity index is 233. The van der Waals surface area contributed by atoms with Gasteiger partial charge in [0.2, 0.25) is 5.91 Å². The molecule has 2 fully saturated rings. The number of hydrogen-bond acceptors (Lipinski definition) is 3. The zero-order valence-corrected chi connectivity index (χ0v) is 7.49. The summed E-state index contributed by atoms with van der Waals surface area (Å²) in [4.78, 5) is 24.0. The quantitative estimate of drug-likeness (QED) is 0.536. The van der Waals surface area contributed by atoms with E-state index in [4.69, 9.17) is 4.74 Å². The standard InChI is InChI=1S/C9H13NO3/c11-8-4-9(12)10(5-8)7-2-1-3-13-6-7/h7H,1-6H2. The Morgan fingerprint density at radius 2 is 2.23 bits per heavy atom. The third-order valence-electron chi connectivity index (χ3n) is 2.59. The van der Waals surface area contributed by atoms with Gasteiger partial charge in [-0.3, -0.25) is 9.59 Å². The van der Waals surface area contributed by atoms with Crippen molar-refractivity contribution in [2.75, 3.05) is 19.8 Å². The van der Waals surface area contributed by atoms with E-state index in [-0.39, 0.29) is 24.2 Å². The molecule has 1 unspecified atom stereocenters. The maximum Gasteiger partial charge on any atom is 0.230 e. The second kappa shape index (κ2) is 3.46. The summed E-state index contributed by atoms with van der Waals surface area (Å²) in [6.07, 6.45) is 2.05. The van der Waals surface area contributed by atoms with Crippen molar-refractivity contribution in [1.29, 1.82) is 0 Å². The van der Waals surface area contributed by atoms with Gasteiger partial charge in [-0.25, -0.2) is 0 Å². The monoisotopic (exact) mass is 183 g/mol. The average Bonchev–Trinajstić information content (AvgIpc) is 2.47. The lowest BCUT2D eigenvalue weighted by molar-refractivity contribution is -0.132. The van der Waals surface area contributed by atoms with Gasteiger partial charge in [0.1, 0.15) is 0 Å². The largest absolute Gasteiger partial charge is 0.379 e. The summed E-state index contributed by atoms with van der Waals surface area (Å²) in [5.41, 5.74) is 0. The van der Waals surface area contributed by atoms with Crippen molar-refractivity contribution < 1.29 is 14.3 Å². The van der Waals surface area contributed by atoms with Crippen molar-refractivity contribution >= 4 is 11.7 Å². The summed E-state index contributed by atoms with van der Waals surface area (Å²) in [7, 11) is 0. The molecule has 2 rings (SSSR count). The van der Waals surface area contributed by atoms with Crippen molar-refractivity contribution in [2.45, 2.75) is 25.3 Å². The molecule has 0 spiro atoms. The highest BCUT2D eigenvalue weighted by Gasteiger charge is 2.33. The summed E-state index contributed by atoms with van der Waals surface area (Å²) < 4.78 is 5.27. The first-order valence-electron chi connectivity index (χ1n) is 4.66. The number of nitrogens with zero attached hydrogens (tertiary/aromatic N) is 1. The van der Waals surface area contributed by atoms with E-state index in [0.717, 1.165) is 19.4 Å². The van der Waals surface area contributed by atoms with Gasteiger partial charge in [0, 0.05) is 6.61 Å². The van der Waals surface area contributed by atoms with Gasteiger partial charge in [-0.05, 0) is 12.8 Å². The molecule has 0 aromatic carbocycles. The van der Waals surface area contributed by atoms with E-state index in [2.05, 4.69) is 0 Å². The number of carbonyl (C=O) groups is 2. The van der Waals surface area contributed by atoms with Crippen LogP contribution in [0.5, 0.6) is 0 Å². The van der Waals surface area contributed by atoms with Crippen LogP contribution in [0, 0.1) is 0 Å². The first-order chi connectivity index (χ1) is 6.27. The van der Waals surface area contributed by atoms with Gasteiger partial charge in [0.05, 0.1) is 25.6 Å². The van der Waals surface area contributed by atoms with Gasteiger partial charge >= 0.3 is 0 Å². The summed E-state index contributed by atoms with van der Waals surface area (Å²) in [5.74, 6) is 0.0103. The molecule has 4 heteroatoms. The van der Waals surface area contributed by atoms with Crippen LogP contribution in [0.25, 0.3) is 0 Å². The van der Waals surface area contributed by atoms with E-state index < -0.39 is 0 Å². The third-order valence-corrected chi connectivity index (χ3v) is 2.59. The van der Waals surface area contributed by atoms with E-state index >= 15 is 0 Å². The fraction of sp³-hybridized carbons (Fsp3) is 0.778. The summed E-state index contributed by atoms with van der Waals surface area (Å²) in [6.45, 7) is 1.68. The summed E-state index contributed by atoms with van der Waals surface area (Å²) in [6, 6.07) is 0.146. The van der Waals surface area contributed by atoms with E-state index in [0.29, 0.717) is 13.2 Å². The first kappa shape index (κ1) is 8.69. The van der Waals surface area contributed by atoms with Crippen LogP contribution in [0.3, 0.4) is 0 Å². The van der Waals surface area contributed by atoms with E-state index in [1.807, 2.05) is 0 Å². The molecule has 0 bridgehead atoms. The van der Waals surface area contributed by atoms with Crippen LogP contribution >= 0.6 is 0 Å². The highest BCUT2D eigenvalue weighted by Crippen LogP contribution is 2.18. The molecule has 0 aliphatic carbocycles. The Kier molecular flexibility index (Phi) is 2.31. The molecule has 0 aromatic heterocycles. The molecule has 72 valence electrons. The predicted molar refractivity (Wildman–Crippen MR) is 45.2 cm³/mol. The maximum atomic E-state index is 11.3. The molecular formula is C9H13NO3. The molecular weight excluding hydrogens is 170 g/mol. The predicted octanol–water partition coefficient (Wildman–Crippen LogP) is -0.0332. The van der Waals surface area contributed by atoms with Gasteiger partial charge in [-0.2, -0.15) is 0 Å². The molecule has 2 heterocycles. The normalized spacial score (nSPS) is 29.8. The van der Waals surface area contributed by atoms with Crippen LogP contribution in [0.2, 0.25) is 0 Å². The second-order valence-electron chi connectivity index (χ2n) is 3.61. The highest BCUT2D eigenvalue weighted by atomic mass is 16.5. The Morgan fingerprint density at radius 1 is 1.38 bits per heavy atom. The van der Waals surface area contributed by atoms with Crippen LogP contribution in [-0.2, 0) is 14.3 Å². The number of carbonyl (C=O) groups excluding carboxylic acids is 2. The number of likely N-dealkylation sites (tertiary alicyclic amines) is 1. The fourth-order valence-corrected chi connectivity index (χ4v) is 1.91. The summed E-state index contributed by atoms with van der Waals surface area (Å²) >= 11 is 0. The molecule has 0 N–H and O–H groups in total. The zero-order chi connectivity index (χ0) is 9.26. The van der Waals surface area contributed by atoms with Gasteiger partial charge in [0.15, 0.2) is 5.78 Å². The Hall–Kier alpha value is -0.900.